The fraction of sp³-hybridized carbons (Fsp3) is 0. The molecule has 10 rings (SSSR count). The van der Waals surface area contributed by atoms with Gasteiger partial charge in [0.25, 0.3) is 0 Å². The second-order valence-corrected chi connectivity index (χ2v) is 13.5. The minimum atomic E-state index is 0.870. The molecule has 0 spiro atoms. The quantitative estimate of drug-likeness (QED) is 0.186. The highest BCUT2D eigenvalue weighted by atomic mass is 32.1. The number of hydrogen-bond acceptors (Lipinski definition) is 3. The maximum Gasteiger partial charge on any atom is 0.159 e. The number of thiophene rings is 1. The lowest BCUT2D eigenvalue weighted by Gasteiger charge is -2.29. The van der Waals surface area contributed by atoms with Crippen LogP contribution in [0.15, 0.2) is 180 Å². The van der Waals surface area contributed by atoms with E-state index in [1.165, 1.54) is 36.5 Å². The van der Waals surface area contributed by atoms with E-state index in [1.54, 1.807) is 0 Å². The molecule has 0 saturated carbocycles. The predicted molar refractivity (Wildman–Crippen MR) is 210 cm³/mol. The zero-order valence-electron chi connectivity index (χ0n) is 26.5. The molecule has 0 saturated heterocycles. The van der Waals surface area contributed by atoms with Crippen molar-refractivity contribution in [1.82, 2.24) is 0 Å². The second kappa shape index (κ2) is 11.2. The Morgan fingerprint density at radius 2 is 1.08 bits per heavy atom. The third-order valence-electron chi connectivity index (χ3n) is 9.67. The van der Waals surface area contributed by atoms with Crippen molar-refractivity contribution in [3.63, 3.8) is 0 Å². The van der Waals surface area contributed by atoms with E-state index < -0.39 is 0 Å². The van der Waals surface area contributed by atoms with Crippen LogP contribution in [0.4, 0.5) is 17.1 Å². The fourth-order valence-electron chi connectivity index (χ4n) is 7.46. The average molecular weight is 644 g/mol. The van der Waals surface area contributed by atoms with E-state index in [1.807, 2.05) is 17.4 Å². The molecule has 0 aliphatic heterocycles. The van der Waals surface area contributed by atoms with Crippen LogP contribution in [0.3, 0.4) is 0 Å². The van der Waals surface area contributed by atoms with Gasteiger partial charge in [0.15, 0.2) is 5.58 Å². The summed E-state index contributed by atoms with van der Waals surface area (Å²) >= 11 is 1.84. The largest absolute Gasteiger partial charge is 0.454 e. The summed E-state index contributed by atoms with van der Waals surface area (Å²) in [6, 6.07) is 63.2. The first-order valence-corrected chi connectivity index (χ1v) is 17.4. The third-order valence-corrected chi connectivity index (χ3v) is 10.8. The molecule has 2 aromatic heterocycles. The van der Waals surface area contributed by atoms with Crippen LogP contribution in [-0.4, -0.2) is 0 Å². The molecule has 49 heavy (non-hydrogen) atoms. The SMILES string of the molecule is c1ccc(-c2ccc(-c3cccc4ccccc34)cc2N(c2cccc3c2oc2ccccc23)c2cccc3sc4ccccc4c23)cc1. The molecule has 10 aromatic rings. The number of hydrogen-bond donors (Lipinski definition) is 0. The van der Waals surface area contributed by atoms with Gasteiger partial charge in [-0.3, -0.25) is 0 Å². The lowest BCUT2D eigenvalue weighted by atomic mass is 9.94. The van der Waals surface area contributed by atoms with Crippen molar-refractivity contribution in [2.45, 2.75) is 0 Å². The van der Waals surface area contributed by atoms with Crippen LogP contribution in [0.1, 0.15) is 0 Å². The number of rotatable bonds is 5. The summed E-state index contributed by atoms with van der Waals surface area (Å²) in [4.78, 5) is 2.45. The molecular formula is C46H29NOS. The molecule has 8 aromatic carbocycles. The van der Waals surface area contributed by atoms with E-state index in [0.29, 0.717) is 0 Å². The monoisotopic (exact) mass is 643 g/mol. The van der Waals surface area contributed by atoms with Gasteiger partial charge < -0.3 is 9.32 Å². The molecule has 2 heterocycles. The summed E-state index contributed by atoms with van der Waals surface area (Å²) in [6.45, 7) is 0. The van der Waals surface area contributed by atoms with E-state index in [0.717, 1.165) is 55.7 Å². The van der Waals surface area contributed by atoms with Crippen molar-refractivity contribution in [3.8, 4) is 22.3 Å². The maximum atomic E-state index is 6.77. The molecule has 0 fully saturated rings. The van der Waals surface area contributed by atoms with Crippen LogP contribution >= 0.6 is 11.3 Å². The Morgan fingerprint density at radius 3 is 2.00 bits per heavy atom. The van der Waals surface area contributed by atoms with E-state index in [-0.39, 0.29) is 0 Å². The van der Waals surface area contributed by atoms with Crippen molar-refractivity contribution < 1.29 is 4.42 Å². The zero-order valence-corrected chi connectivity index (χ0v) is 27.3. The summed E-state index contributed by atoms with van der Waals surface area (Å²) in [7, 11) is 0. The average Bonchev–Trinajstić information content (AvgIpc) is 3.75. The van der Waals surface area contributed by atoms with Crippen LogP contribution in [0.5, 0.6) is 0 Å². The molecule has 0 atom stereocenters. The molecule has 0 unspecified atom stereocenters. The minimum absolute atomic E-state index is 0.870. The van der Waals surface area contributed by atoms with Gasteiger partial charge in [-0.2, -0.15) is 0 Å². The van der Waals surface area contributed by atoms with Crippen LogP contribution in [0.2, 0.25) is 0 Å². The molecule has 0 amide bonds. The Hall–Kier alpha value is -6.16. The molecule has 230 valence electrons. The third kappa shape index (κ3) is 4.47. The highest BCUT2D eigenvalue weighted by molar-refractivity contribution is 7.26. The standard InChI is InChI=1S/C46H29NOS/c1-2-13-31(14-3-1)35-28-27-32(34-20-10-16-30-15-4-5-17-33(30)34)29-41(35)47(39-22-12-26-44-45(39)38-19-7-9-25-43(38)49-44)40-23-11-21-37-36-18-6-8-24-42(36)48-46(37)40/h1-29H. The smallest absolute Gasteiger partial charge is 0.159 e. The highest BCUT2D eigenvalue weighted by Crippen LogP contribution is 2.50. The zero-order chi connectivity index (χ0) is 32.3. The Labute approximate surface area is 287 Å². The van der Waals surface area contributed by atoms with E-state index in [2.05, 4.69) is 175 Å². The summed E-state index contributed by atoms with van der Waals surface area (Å²) in [5, 5.41) is 7.18. The van der Waals surface area contributed by atoms with Gasteiger partial charge in [-0.15, -0.1) is 11.3 Å². The molecular weight excluding hydrogens is 615 g/mol. The molecule has 0 radical (unpaired) electrons. The molecule has 2 nitrogen and oxygen atoms in total. The van der Waals surface area contributed by atoms with Crippen molar-refractivity contribution in [2.24, 2.45) is 0 Å². The number of anilines is 3. The Kier molecular flexibility index (Phi) is 6.39. The number of benzene rings is 8. The maximum absolute atomic E-state index is 6.77. The minimum Gasteiger partial charge on any atom is -0.454 e. The topological polar surface area (TPSA) is 16.4 Å². The first-order chi connectivity index (χ1) is 24.3. The molecule has 3 heteroatoms. The van der Waals surface area contributed by atoms with Crippen LogP contribution < -0.4 is 4.90 Å². The van der Waals surface area contributed by atoms with E-state index in [4.69, 9.17) is 4.42 Å². The Bertz CT molecular complexity index is 2840. The summed E-state index contributed by atoms with van der Waals surface area (Å²) in [6.07, 6.45) is 0. The van der Waals surface area contributed by atoms with Gasteiger partial charge in [0.2, 0.25) is 0 Å². The van der Waals surface area contributed by atoms with Gasteiger partial charge in [0.1, 0.15) is 5.58 Å². The van der Waals surface area contributed by atoms with E-state index >= 15 is 0 Å². The van der Waals surface area contributed by atoms with Gasteiger partial charge in [0.05, 0.1) is 17.1 Å². The molecule has 0 N–H and O–H groups in total. The highest BCUT2D eigenvalue weighted by Gasteiger charge is 2.25. The normalized spacial score (nSPS) is 11.7. The Morgan fingerprint density at radius 1 is 0.408 bits per heavy atom. The number of para-hydroxylation sites is 2. The van der Waals surface area contributed by atoms with Crippen LogP contribution in [0, 0.1) is 0 Å². The van der Waals surface area contributed by atoms with Gasteiger partial charge in [-0.1, -0.05) is 140 Å². The van der Waals surface area contributed by atoms with Gasteiger partial charge in [-0.25, -0.2) is 0 Å². The predicted octanol–water partition coefficient (Wildman–Crippen LogP) is 13.9. The first-order valence-electron chi connectivity index (χ1n) is 16.6. The summed E-state index contributed by atoms with van der Waals surface area (Å²) in [5.41, 5.74) is 9.65. The number of nitrogens with zero attached hydrogens (tertiary/aromatic N) is 1. The lowest BCUT2D eigenvalue weighted by Crippen LogP contribution is -2.12. The van der Waals surface area contributed by atoms with Crippen LogP contribution in [0.25, 0.3) is 75.1 Å². The summed E-state index contributed by atoms with van der Waals surface area (Å²) < 4.78 is 9.30. The Balaban J connectivity index is 1.35. The lowest BCUT2D eigenvalue weighted by molar-refractivity contribution is 0.669. The fourth-order valence-corrected chi connectivity index (χ4v) is 8.59. The molecule has 0 bridgehead atoms. The molecule has 0 aliphatic carbocycles. The molecule has 0 aliphatic rings. The van der Waals surface area contributed by atoms with E-state index in [9.17, 15) is 0 Å². The van der Waals surface area contributed by atoms with Crippen molar-refractivity contribution >= 4 is 81.3 Å². The summed E-state index contributed by atoms with van der Waals surface area (Å²) in [5.74, 6) is 0. The van der Waals surface area contributed by atoms with Crippen molar-refractivity contribution in [1.29, 1.82) is 0 Å². The van der Waals surface area contributed by atoms with Crippen LogP contribution in [-0.2, 0) is 0 Å². The second-order valence-electron chi connectivity index (χ2n) is 12.5. The number of furan rings is 1. The van der Waals surface area contributed by atoms with Gasteiger partial charge >= 0.3 is 0 Å². The van der Waals surface area contributed by atoms with Crippen molar-refractivity contribution in [3.05, 3.63) is 176 Å². The van der Waals surface area contributed by atoms with Crippen molar-refractivity contribution in [2.75, 3.05) is 4.90 Å². The van der Waals surface area contributed by atoms with Gasteiger partial charge in [-0.05, 0) is 63.9 Å². The first kappa shape index (κ1) is 27.9. The van der Waals surface area contributed by atoms with Gasteiger partial charge in [0, 0.05) is 36.5 Å². The number of fused-ring (bicyclic) bond motifs is 7.